The van der Waals surface area contributed by atoms with Crippen molar-refractivity contribution in [3.8, 4) is 0 Å². The summed E-state index contributed by atoms with van der Waals surface area (Å²) in [5, 5.41) is 4.09. The van der Waals surface area contributed by atoms with Gasteiger partial charge in [0, 0.05) is 43.3 Å². The van der Waals surface area contributed by atoms with Crippen LogP contribution in [0.3, 0.4) is 0 Å². The normalized spacial score (nSPS) is 14.6. The SMILES string of the molecule is Nc1ccc(C(=O)N2CCC(CCCCNC(=O)c3cc4ccncc4s3)CC2)cc1. The Morgan fingerprint density at radius 3 is 2.65 bits per heavy atom. The summed E-state index contributed by atoms with van der Waals surface area (Å²) in [6.07, 6.45) is 8.84. The van der Waals surface area contributed by atoms with Crippen molar-refractivity contribution >= 4 is 38.9 Å². The number of carbonyl (C=O) groups excluding carboxylic acids is 2. The molecule has 0 bridgehead atoms. The molecule has 3 heterocycles. The number of hydrogen-bond donors (Lipinski definition) is 2. The third-order valence-corrected chi connectivity index (χ3v) is 7.02. The van der Waals surface area contributed by atoms with Gasteiger partial charge in [0.05, 0.1) is 9.58 Å². The number of nitrogens with two attached hydrogens (primary N) is 1. The van der Waals surface area contributed by atoms with Crippen molar-refractivity contribution in [1.82, 2.24) is 15.2 Å². The van der Waals surface area contributed by atoms with Crippen LogP contribution in [0.25, 0.3) is 10.1 Å². The van der Waals surface area contributed by atoms with Crippen LogP contribution in [0, 0.1) is 5.92 Å². The first-order valence-electron chi connectivity index (χ1n) is 10.9. The van der Waals surface area contributed by atoms with Crippen LogP contribution in [0.15, 0.2) is 48.8 Å². The molecule has 4 rings (SSSR count). The van der Waals surface area contributed by atoms with Gasteiger partial charge in [0.2, 0.25) is 0 Å². The molecule has 1 saturated heterocycles. The number of amides is 2. The summed E-state index contributed by atoms with van der Waals surface area (Å²) in [4.78, 5) is 31.7. The first kappa shape index (κ1) is 21.3. The minimum absolute atomic E-state index is 0.00399. The monoisotopic (exact) mass is 436 g/mol. The van der Waals surface area contributed by atoms with E-state index in [1.807, 2.05) is 17.0 Å². The molecule has 1 aromatic carbocycles. The fourth-order valence-corrected chi connectivity index (χ4v) is 5.02. The number of thiophene rings is 1. The van der Waals surface area contributed by atoms with Crippen LogP contribution < -0.4 is 11.1 Å². The number of piperidine rings is 1. The Labute approximate surface area is 186 Å². The second kappa shape index (κ2) is 9.92. The minimum Gasteiger partial charge on any atom is -0.399 e. The number of likely N-dealkylation sites (tertiary alicyclic amines) is 1. The van der Waals surface area contributed by atoms with Crippen molar-refractivity contribution < 1.29 is 9.59 Å². The average molecular weight is 437 g/mol. The Morgan fingerprint density at radius 2 is 1.90 bits per heavy atom. The number of nitrogens with one attached hydrogen (secondary N) is 1. The molecule has 7 heteroatoms. The molecular formula is C24H28N4O2S. The largest absolute Gasteiger partial charge is 0.399 e. The van der Waals surface area contributed by atoms with E-state index in [2.05, 4.69) is 10.3 Å². The number of unbranched alkanes of at least 4 members (excludes halogenated alkanes) is 1. The number of rotatable bonds is 7. The van der Waals surface area contributed by atoms with E-state index in [4.69, 9.17) is 5.73 Å². The number of carbonyl (C=O) groups is 2. The second-order valence-electron chi connectivity index (χ2n) is 8.13. The molecule has 2 aromatic heterocycles. The van der Waals surface area contributed by atoms with Gasteiger partial charge in [-0.1, -0.05) is 12.8 Å². The molecule has 2 amide bonds. The van der Waals surface area contributed by atoms with Crippen LogP contribution in [0.4, 0.5) is 5.69 Å². The lowest BCUT2D eigenvalue weighted by molar-refractivity contribution is 0.0686. The molecule has 1 aliphatic rings. The molecule has 0 spiro atoms. The summed E-state index contributed by atoms with van der Waals surface area (Å²) in [6.45, 7) is 2.32. The average Bonchev–Trinajstić information content (AvgIpc) is 3.24. The Morgan fingerprint density at radius 1 is 1.13 bits per heavy atom. The molecule has 1 fully saturated rings. The van der Waals surface area contributed by atoms with E-state index < -0.39 is 0 Å². The lowest BCUT2D eigenvalue weighted by Crippen LogP contribution is -2.38. The van der Waals surface area contributed by atoms with E-state index in [1.54, 1.807) is 36.7 Å². The van der Waals surface area contributed by atoms with Crippen molar-refractivity contribution in [3.63, 3.8) is 0 Å². The highest BCUT2D eigenvalue weighted by molar-refractivity contribution is 7.20. The summed E-state index contributed by atoms with van der Waals surface area (Å²) >= 11 is 1.48. The van der Waals surface area contributed by atoms with Crippen LogP contribution in [-0.2, 0) is 0 Å². The number of anilines is 1. The van der Waals surface area contributed by atoms with E-state index in [9.17, 15) is 9.59 Å². The van der Waals surface area contributed by atoms with Gasteiger partial charge in [-0.2, -0.15) is 0 Å². The first-order valence-corrected chi connectivity index (χ1v) is 11.7. The van der Waals surface area contributed by atoms with Crippen molar-refractivity contribution in [3.05, 3.63) is 59.2 Å². The summed E-state index contributed by atoms with van der Waals surface area (Å²) < 4.78 is 1.04. The zero-order valence-corrected chi connectivity index (χ0v) is 18.4. The number of benzene rings is 1. The second-order valence-corrected chi connectivity index (χ2v) is 9.22. The minimum atomic E-state index is -0.00399. The molecule has 3 N–H and O–H groups in total. The van der Waals surface area contributed by atoms with Crippen molar-refractivity contribution in [2.75, 3.05) is 25.4 Å². The fraction of sp³-hybridized carbons (Fsp3) is 0.375. The molecule has 1 aliphatic heterocycles. The van der Waals surface area contributed by atoms with Gasteiger partial charge in [-0.3, -0.25) is 14.6 Å². The van der Waals surface area contributed by atoms with Gasteiger partial charge < -0.3 is 16.0 Å². The number of aromatic nitrogens is 1. The Kier molecular flexibility index (Phi) is 6.82. The van der Waals surface area contributed by atoms with Crippen LogP contribution in [0.5, 0.6) is 0 Å². The Hall–Kier alpha value is -2.93. The van der Waals surface area contributed by atoms with E-state index in [-0.39, 0.29) is 11.8 Å². The van der Waals surface area contributed by atoms with Crippen LogP contribution >= 0.6 is 11.3 Å². The lowest BCUT2D eigenvalue weighted by atomic mass is 9.91. The Balaban J connectivity index is 1.13. The van der Waals surface area contributed by atoms with Gasteiger partial charge in [0.1, 0.15) is 0 Å². The smallest absolute Gasteiger partial charge is 0.261 e. The van der Waals surface area contributed by atoms with Crippen LogP contribution in [0.2, 0.25) is 0 Å². The quantitative estimate of drug-likeness (QED) is 0.426. The predicted molar refractivity (Wildman–Crippen MR) is 125 cm³/mol. The highest BCUT2D eigenvalue weighted by Crippen LogP contribution is 2.25. The topological polar surface area (TPSA) is 88.3 Å². The number of nitrogen functional groups attached to an aromatic ring is 1. The molecule has 3 aromatic rings. The van der Waals surface area contributed by atoms with E-state index in [0.29, 0.717) is 23.7 Å². The predicted octanol–water partition coefficient (Wildman–Crippen LogP) is 4.33. The number of nitrogens with zero attached hydrogens (tertiary/aromatic N) is 2. The molecule has 6 nitrogen and oxygen atoms in total. The highest BCUT2D eigenvalue weighted by Gasteiger charge is 2.23. The molecule has 0 aliphatic carbocycles. The molecule has 162 valence electrons. The van der Waals surface area contributed by atoms with Gasteiger partial charge in [0.25, 0.3) is 11.8 Å². The first-order chi connectivity index (χ1) is 15.1. The highest BCUT2D eigenvalue weighted by atomic mass is 32.1. The Bertz CT molecular complexity index is 1010. The fourth-order valence-electron chi connectivity index (χ4n) is 4.08. The van der Waals surface area contributed by atoms with E-state index >= 15 is 0 Å². The van der Waals surface area contributed by atoms with Gasteiger partial charge in [-0.05, 0) is 67.0 Å². The molecule has 0 radical (unpaired) electrons. The molecule has 31 heavy (non-hydrogen) atoms. The third-order valence-electron chi connectivity index (χ3n) is 5.93. The third kappa shape index (κ3) is 5.41. The summed E-state index contributed by atoms with van der Waals surface area (Å²) in [5.74, 6) is 0.745. The number of pyridine rings is 1. The summed E-state index contributed by atoms with van der Waals surface area (Å²) in [7, 11) is 0. The van der Waals surface area contributed by atoms with Gasteiger partial charge >= 0.3 is 0 Å². The maximum absolute atomic E-state index is 12.6. The van der Waals surface area contributed by atoms with Crippen molar-refractivity contribution in [2.45, 2.75) is 32.1 Å². The summed E-state index contributed by atoms with van der Waals surface area (Å²) in [6, 6.07) is 11.0. The maximum Gasteiger partial charge on any atom is 0.261 e. The molecule has 0 unspecified atom stereocenters. The summed E-state index contributed by atoms with van der Waals surface area (Å²) in [5.41, 5.74) is 7.08. The number of fused-ring (bicyclic) bond motifs is 1. The van der Waals surface area contributed by atoms with Gasteiger partial charge in [0.15, 0.2) is 0 Å². The van der Waals surface area contributed by atoms with Crippen molar-refractivity contribution in [2.24, 2.45) is 5.92 Å². The van der Waals surface area contributed by atoms with Crippen LogP contribution in [-0.4, -0.2) is 41.3 Å². The maximum atomic E-state index is 12.6. The molecule has 0 saturated carbocycles. The lowest BCUT2D eigenvalue weighted by Gasteiger charge is -2.32. The zero-order chi connectivity index (χ0) is 21.6. The van der Waals surface area contributed by atoms with Crippen LogP contribution in [0.1, 0.15) is 52.1 Å². The zero-order valence-electron chi connectivity index (χ0n) is 17.5. The number of hydrogen-bond acceptors (Lipinski definition) is 5. The van der Waals surface area contributed by atoms with Gasteiger partial charge in [-0.15, -0.1) is 11.3 Å². The molecule has 0 atom stereocenters. The standard InChI is InChI=1S/C24H28N4O2S/c25-20-6-4-18(5-7-20)24(30)28-13-9-17(10-14-28)3-1-2-11-27-23(29)21-15-19-8-12-26-16-22(19)31-21/h4-8,12,15-17H,1-3,9-11,13-14,25H2,(H,27,29). The molecular weight excluding hydrogens is 408 g/mol. The van der Waals surface area contributed by atoms with Gasteiger partial charge in [-0.25, -0.2) is 0 Å². The van der Waals surface area contributed by atoms with E-state index in [1.165, 1.54) is 11.3 Å². The van der Waals surface area contributed by atoms with E-state index in [0.717, 1.165) is 60.2 Å². The van der Waals surface area contributed by atoms with Crippen molar-refractivity contribution in [1.29, 1.82) is 0 Å².